The number of nitrogens with one attached hydrogen (secondary N) is 1. The Morgan fingerprint density at radius 2 is 1.68 bits per heavy atom. The van der Waals surface area contributed by atoms with E-state index in [4.69, 9.17) is 14.2 Å². The number of rotatable bonds is 8. The zero-order valence-corrected chi connectivity index (χ0v) is 17.2. The molecule has 1 amide bonds. The first-order valence-electron chi connectivity index (χ1n) is 9.52. The smallest absolute Gasteiger partial charge is 0.308 e. The lowest BCUT2D eigenvalue weighted by Gasteiger charge is -2.11. The van der Waals surface area contributed by atoms with Gasteiger partial charge >= 0.3 is 5.97 Å². The van der Waals surface area contributed by atoms with Crippen molar-refractivity contribution in [1.29, 1.82) is 0 Å². The lowest BCUT2D eigenvalue weighted by Crippen LogP contribution is -2.24. The number of benzene rings is 3. The molecule has 1 N–H and O–H groups in total. The van der Waals surface area contributed by atoms with E-state index < -0.39 is 11.9 Å². The molecule has 0 radical (unpaired) electrons. The maximum Gasteiger partial charge on any atom is 0.308 e. The topological polar surface area (TPSA) is 86.2 Å². The van der Waals surface area contributed by atoms with Crippen LogP contribution in [0.15, 0.2) is 77.9 Å². The van der Waals surface area contributed by atoms with Gasteiger partial charge in [-0.3, -0.25) is 9.59 Å². The standard InChI is InChI=1S/C24H22N2O5/c1-17(27)31-22-13-12-18(14-23(22)29-2)15-25-26-24(28)16-30-21-11-7-6-10-20(21)19-8-4-3-5-9-19/h3-15H,16H2,1-2H3,(H,26,28)/b25-15-. The lowest BCUT2D eigenvalue weighted by atomic mass is 10.1. The summed E-state index contributed by atoms with van der Waals surface area (Å²) in [5.74, 6) is 0.454. The van der Waals surface area contributed by atoms with Gasteiger partial charge in [-0.15, -0.1) is 0 Å². The van der Waals surface area contributed by atoms with Crippen molar-refractivity contribution in [3.63, 3.8) is 0 Å². The molecule has 158 valence electrons. The van der Waals surface area contributed by atoms with Crippen LogP contribution in [0.25, 0.3) is 11.1 Å². The van der Waals surface area contributed by atoms with Crippen molar-refractivity contribution in [3.05, 3.63) is 78.4 Å². The molecule has 0 aliphatic rings. The van der Waals surface area contributed by atoms with Gasteiger partial charge in [-0.05, 0) is 35.4 Å². The number of para-hydroxylation sites is 1. The van der Waals surface area contributed by atoms with Crippen LogP contribution in [0.1, 0.15) is 12.5 Å². The Balaban J connectivity index is 1.58. The molecule has 7 nitrogen and oxygen atoms in total. The lowest BCUT2D eigenvalue weighted by molar-refractivity contribution is -0.132. The summed E-state index contributed by atoms with van der Waals surface area (Å²) < 4.78 is 15.9. The van der Waals surface area contributed by atoms with Crippen LogP contribution in [0.2, 0.25) is 0 Å². The predicted molar refractivity (Wildman–Crippen MR) is 117 cm³/mol. The zero-order valence-electron chi connectivity index (χ0n) is 17.2. The molecule has 0 saturated heterocycles. The average Bonchev–Trinajstić information content (AvgIpc) is 2.79. The van der Waals surface area contributed by atoms with Crippen molar-refractivity contribution in [2.75, 3.05) is 13.7 Å². The van der Waals surface area contributed by atoms with Crippen molar-refractivity contribution in [3.8, 4) is 28.4 Å². The molecular weight excluding hydrogens is 396 g/mol. The minimum atomic E-state index is -0.444. The van der Waals surface area contributed by atoms with Gasteiger partial charge < -0.3 is 14.2 Å². The number of carbonyl (C=O) groups is 2. The van der Waals surface area contributed by atoms with Crippen LogP contribution in [-0.2, 0) is 9.59 Å². The van der Waals surface area contributed by atoms with Crippen molar-refractivity contribution in [2.45, 2.75) is 6.92 Å². The van der Waals surface area contributed by atoms with E-state index in [0.29, 0.717) is 22.8 Å². The van der Waals surface area contributed by atoms with Crippen LogP contribution in [-0.4, -0.2) is 31.8 Å². The molecule has 3 rings (SSSR count). The summed E-state index contributed by atoms with van der Waals surface area (Å²) >= 11 is 0. The van der Waals surface area contributed by atoms with Gasteiger partial charge in [0.15, 0.2) is 18.1 Å². The highest BCUT2D eigenvalue weighted by Crippen LogP contribution is 2.29. The van der Waals surface area contributed by atoms with Crippen molar-refractivity contribution in [2.24, 2.45) is 5.10 Å². The van der Waals surface area contributed by atoms with Crippen LogP contribution in [0.4, 0.5) is 0 Å². The molecule has 31 heavy (non-hydrogen) atoms. The predicted octanol–water partition coefficient (Wildman–Crippen LogP) is 3.82. The molecule has 3 aromatic rings. The van der Waals surface area contributed by atoms with E-state index in [1.54, 1.807) is 18.2 Å². The molecule has 0 aliphatic heterocycles. The Hall–Kier alpha value is -4.13. The number of methoxy groups -OCH3 is 1. The third-order valence-electron chi connectivity index (χ3n) is 4.17. The number of hydrogen-bond acceptors (Lipinski definition) is 6. The zero-order chi connectivity index (χ0) is 22.1. The van der Waals surface area contributed by atoms with Gasteiger partial charge in [0.05, 0.1) is 13.3 Å². The summed E-state index contributed by atoms with van der Waals surface area (Å²) in [7, 11) is 1.47. The van der Waals surface area contributed by atoms with Gasteiger partial charge in [0.1, 0.15) is 5.75 Å². The van der Waals surface area contributed by atoms with E-state index in [0.717, 1.165) is 11.1 Å². The Morgan fingerprint density at radius 1 is 0.935 bits per heavy atom. The fourth-order valence-electron chi connectivity index (χ4n) is 2.81. The van der Waals surface area contributed by atoms with E-state index in [-0.39, 0.29) is 6.61 Å². The molecule has 0 atom stereocenters. The van der Waals surface area contributed by atoms with Gasteiger partial charge in [-0.25, -0.2) is 5.43 Å². The second-order valence-electron chi connectivity index (χ2n) is 6.45. The van der Waals surface area contributed by atoms with E-state index in [2.05, 4.69) is 10.5 Å². The summed E-state index contributed by atoms with van der Waals surface area (Å²) in [6.07, 6.45) is 1.45. The molecule has 0 unspecified atom stereocenters. The molecule has 7 heteroatoms. The molecular formula is C24H22N2O5. The molecule has 0 aliphatic carbocycles. The maximum atomic E-state index is 12.1. The van der Waals surface area contributed by atoms with Gasteiger partial charge in [0.25, 0.3) is 5.91 Å². The largest absolute Gasteiger partial charge is 0.493 e. The first-order valence-corrected chi connectivity index (χ1v) is 9.52. The highest BCUT2D eigenvalue weighted by molar-refractivity contribution is 5.84. The molecule has 0 bridgehead atoms. The maximum absolute atomic E-state index is 12.1. The van der Waals surface area contributed by atoms with Crippen LogP contribution < -0.4 is 19.6 Å². The van der Waals surface area contributed by atoms with E-state index in [9.17, 15) is 9.59 Å². The normalized spacial score (nSPS) is 10.5. The third-order valence-corrected chi connectivity index (χ3v) is 4.17. The van der Waals surface area contributed by atoms with Crippen LogP contribution in [0.3, 0.4) is 0 Å². The van der Waals surface area contributed by atoms with Crippen LogP contribution in [0.5, 0.6) is 17.2 Å². The second-order valence-corrected chi connectivity index (χ2v) is 6.45. The van der Waals surface area contributed by atoms with Crippen LogP contribution in [0, 0.1) is 0 Å². The van der Waals surface area contributed by atoms with Gasteiger partial charge in [-0.1, -0.05) is 48.5 Å². The molecule has 0 fully saturated rings. The summed E-state index contributed by atoms with van der Waals surface area (Å²) in [4.78, 5) is 23.2. The number of nitrogens with zero attached hydrogens (tertiary/aromatic N) is 1. The fourth-order valence-corrected chi connectivity index (χ4v) is 2.81. The molecule has 3 aromatic carbocycles. The van der Waals surface area contributed by atoms with Crippen molar-refractivity contribution in [1.82, 2.24) is 5.43 Å². The Kier molecular flexibility index (Phi) is 7.37. The van der Waals surface area contributed by atoms with Gasteiger partial charge in [0.2, 0.25) is 0 Å². The van der Waals surface area contributed by atoms with Gasteiger partial charge in [-0.2, -0.15) is 5.10 Å². The molecule has 0 aromatic heterocycles. The number of hydrogen-bond donors (Lipinski definition) is 1. The Labute approximate surface area is 180 Å². The highest BCUT2D eigenvalue weighted by atomic mass is 16.6. The van der Waals surface area contributed by atoms with Crippen molar-refractivity contribution >= 4 is 18.1 Å². The molecule has 0 spiro atoms. The SMILES string of the molecule is COc1cc(/C=N\NC(=O)COc2ccccc2-c2ccccc2)ccc1OC(C)=O. The summed E-state index contributed by atoms with van der Waals surface area (Å²) in [5.41, 5.74) is 4.98. The average molecular weight is 418 g/mol. The fraction of sp³-hybridized carbons (Fsp3) is 0.125. The van der Waals surface area contributed by atoms with E-state index in [1.165, 1.54) is 20.2 Å². The summed E-state index contributed by atoms with van der Waals surface area (Å²) in [5, 5.41) is 3.93. The highest BCUT2D eigenvalue weighted by Gasteiger charge is 2.09. The first-order chi connectivity index (χ1) is 15.1. The Morgan fingerprint density at radius 3 is 2.42 bits per heavy atom. The van der Waals surface area contributed by atoms with E-state index in [1.807, 2.05) is 54.6 Å². The number of esters is 1. The number of ether oxygens (including phenoxy) is 3. The Bertz CT molecular complexity index is 1080. The monoisotopic (exact) mass is 418 g/mol. The number of hydrazone groups is 1. The summed E-state index contributed by atoms with van der Waals surface area (Å²) in [6.45, 7) is 1.13. The third kappa shape index (κ3) is 6.17. The molecule has 0 saturated carbocycles. The first kappa shape index (κ1) is 21.6. The summed E-state index contributed by atoms with van der Waals surface area (Å²) in [6, 6.07) is 22.2. The quantitative estimate of drug-likeness (QED) is 0.260. The second kappa shape index (κ2) is 10.6. The minimum absolute atomic E-state index is 0.185. The number of carbonyl (C=O) groups excluding carboxylic acids is 2. The van der Waals surface area contributed by atoms with Crippen molar-refractivity contribution < 1.29 is 23.8 Å². The van der Waals surface area contributed by atoms with Crippen LogP contribution >= 0.6 is 0 Å². The minimum Gasteiger partial charge on any atom is -0.493 e. The molecule has 0 heterocycles. The van der Waals surface area contributed by atoms with Gasteiger partial charge in [0, 0.05) is 12.5 Å². The number of amides is 1. The van der Waals surface area contributed by atoms with E-state index >= 15 is 0 Å².